The fourth-order valence-corrected chi connectivity index (χ4v) is 3.36. The molecule has 0 radical (unpaired) electrons. The number of aryl methyl sites for hydroxylation is 2. The number of rotatable bonds is 4. The molecule has 0 fully saturated rings. The monoisotopic (exact) mass is 375 g/mol. The average molecular weight is 375 g/mol. The molecule has 0 unspecified atom stereocenters. The number of carbonyl (C=O) groups is 2. The topological polar surface area (TPSA) is 110 Å². The second kappa shape index (κ2) is 7.27. The lowest BCUT2D eigenvalue weighted by molar-refractivity contribution is 0.0827. The van der Waals surface area contributed by atoms with Crippen molar-refractivity contribution in [3.63, 3.8) is 0 Å². The van der Waals surface area contributed by atoms with Crippen LogP contribution in [0, 0.1) is 13.8 Å². The van der Waals surface area contributed by atoms with Crippen LogP contribution in [0.15, 0.2) is 41.3 Å². The van der Waals surface area contributed by atoms with E-state index >= 15 is 0 Å². The molecule has 2 aromatic carbocycles. The summed E-state index contributed by atoms with van der Waals surface area (Å²) >= 11 is 0. The van der Waals surface area contributed by atoms with Gasteiger partial charge in [-0.05, 0) is 49.2 Å². The van der Waals surface area contributed by atoms with E-state index in [-0.39, 0.29) is 16.4 Å². The van der Waals surface area contributed by atoms with Gasteiger partial charge in [0.25, 0.3) is 11.8 Å². The summed E-state index contributed by atoms with van der Waals surface area (Å²) in [4.78, 5) is 26.0. The molecule has 0 saturated carbocycles. The highest BCUT2D eigenvalue weighted by Gasteiger charge is 2.18. The standard InChI is InChI=1S/C18H21N3O4S/c1-11-8-12(2)16(26(19,24)25)10-15(11)17(22)20-14-7-5-6-13(9-14)18(23)21(3)4/h5-10H,1-4H3,(H,20,22)(H2,19,24,25). The molecule has 0 aliphatic rings. The van der Waals surface area contributed by atoms with Crippen molar-refractivity contribution < 1.29 is 18.0 Å². The van der Waals surface area contributed by atoms with Gasteiger partial charge < -0.3 is 10.2 Å². The molecule has 0 heterocycles. The van der Waals surface area contributed by atoms with Crippen LogP contribution in [-0.4, -0.2) is 39.2 Å². The van der Waals surface area contributed by atoms with Gasteiger partial charge >= 0.3 is 0 Å². The minimum Gasteiger partial charge on any atom is -0.345 e. The number of hydrogen-bond donors (Lipinski definition) is 2. The Morgan fingerprint density at radius 1 is 1.04 bits per heavy atom. The Morgan fingerprint density at radius 3 is 2.27 bits per heavy atom. The van der Waals surface area contributed by atoms with Gasteiger partial charge in [0.2, 0.25) is 10.0 Å². The lowest BCUT2D eigenvalue weighted by atomic mass is 10.0. The zero-order chi connectivity index (χ0) is 19.6. The minimum atomic E-state index is -3.94. The molecular formula is C18H21N3O4S. The van der Waals surface area contributed by atoms with Gasteiger partial charge in [0, 0.05) is 30.9 Å². The Labute approximate surface area is 152 Å². The van der Waals surface area contributed by atoms with E-state index in [1.54, 1.807) is 58.3 Å². The molecule has 2 rings (SSSR count). The summed E-state index contributed by atoms with van der Waals surface area (Å²) < 4.78 is 23.4. The number of nitrogens with one attached hydrogen (secondary N) is 1. The molecule has 0 aromatic heterocycles. The van der Waals surface area contributed by atoms with Gasteiger partial charge in [0.05, 0.1) is 4.90 Å². The highest BCUT2D eigenvalue weighted by Crippen LogP contribution is 2.21. The molecule has 138 valence electrons. The van der Waals surface area contributed by atoms with Crippen molar-refractivity contribution in [3.05, 3.63) is 58.7 Å². The van der Waals surface area contributed by atoms with Crippen LogP contribution in [0.3, 0.4) is 0 Å². The van der Waals surface area contributed by atoms with Crippen molar-refractivity contribution in [1.82, 2.24) is 4.90 Å². The largest absolute Gasteiger partial charge is 0.345 e. The summed E-state index contributed by atoms with van der Waals surface area (Å²) in [5.41, 5.74) is 2.15. The molecule has 8 heteroatoms. The second-order valence-corrected chi connectivity index (χ2v) is 7.74. The number of nitrogens with two attached hydrogens (primary N) is 1. The van der Waals surface area contributed by atoms with E-state index in [2.05, 4.69) is 5.32 Å². The zero-order valence-electron chi connectivity index (χ0n) is 15.0. The van der Waals surface area contributed by atoms with Crippen molar-refractivity contribution in [2.24, 2.45) is 5.14 Å². The average Bonchev–Trinajstić information content (AvgIpc) is 2.52. The van der Waals surface area contributed by atoms with Crippen LogP contribution in [0.4, 0.5) is 5.69 Å². The Hall–Kier alpha value is -2.71. The molecule has 0 bridgehead atoms. The number of hydrogen-bond acceptors (Lipinski definition) is 4. The fourth-order valence-electron chi connectivity index (χ4n) is 2.57. The molecule has 0 spiro atoms. The van der Waals surface area contributed by atoms with Crippen molar-refractivity contribution in [2.45, 2.75) is 18.7 Å². The number of amides is 2. The molecule has 2 aromatic rings. The number of nitrogens with zero attached hydrogens (tertiary/aromatic N) is 1. The molecule has 2 amide bonds. The van der Waals surface area contributed by atoms with E-state index in [4.69, 9.17) is 5.14 Å². The number of sulfonamides is 1. The minimum absolute atomic E-state index is 0.0928. The normalized spacial score (nSPS) is 11.1. The van der Waals surface area contributed by atoms with Gasteiger partial charge in [-0.2, -0.15) is 0 Å². The highest BCUT2D eigenvalue weighted by molar-refractivity contribution is 7.89. The van der Waals surface area contributed by atoms with Crippen LogP contribution in [-0.2, 0) is 10.0 Å². The molecule has 0 aliphatic carbocycles. The molecule has 0 atom stereocenters. The van der Waals surface area contributed by atoms with E-state index in [0.29, 0.717) is 22.4 Å². The Kier molecular flexibility index (Phi) is 5.48. The third-order valence-electron chi connectivity index (χ3n) is 3.85. The van der Waals surface area contributed by atoms with Gasteiger partial charge in [0.15, 0.2) is 0 Å². The number of primary sulfonamides is 1. The van der Waals surface area contributed by atoms with Gasteiger partial charge in [-0.15, -0.1) is 0 Å². The smallest absolute Gasteiger partial charge is 0.255 e. The number of benzene rings is 2. The van der Waals surface area contributed by atoms with Crippen molar-refractivity contribution in [1.29, 1.82) is 0 Å². The second-order valence-electron chi connectivity index (χ2n) is 6.21. The van der Waals surface area contributed by atoms with Crippen LogP contribution in [0.1, 0.15) is 31.8 Å². The summed E-state index contributed by atoms with van der Waals surface area (Å²) in [6.07, 6.45) is 0. The predicted octanol–water partition coefficient (Wildman–Crippen LogP) is 1.90. The van der Waals surface area contributed by atoms with Crippen molar-refractivity contribution in [3.8, 4) is 0 Å². The summed E-state index contributed by atoms with van der Waals surface area (Å²) in [6, 6.07) is 9.38. The van der Waals surface area contributed by atoms with Crippen molar-refractivity contribution >= 4 is 27.5 Å². The Morgan fingerprint density at radius 2 is 1.69 bits per heavy atom. The quantitative estimate of drug-likeness (QED) is 0.850. The molecule has 26 heavy (non-hydrogen) atoms. The van der Waals surface area contributed by atoms with E-state index in [1.807, 2.05) is 0 Å². The van der Waals surface area contributed by atoms with Gasteiger partial charge in [-0.25, -0.2) is 13.6 Å². The third kappa shape index (κ3) is 4.27. The summed E-state index contributed by atoms with van der Waals surface area (Å²) in [5, 5.41) is 7.90. The maximum Gasteiger partial charge on any atom is 0.255 e. The van der Waals surface area contributed by atoms with Gasteiger partial charge in [-0.3, -0.25) is 9.59 Å². The first-order chi connectivity index (χ1) is 12.0. The SMILES string of the molecule is Cc1cc(C)c(S(N)(=O)=O)cc1C(=O)Nc1cccc(C(=O)N(C)C)c1. The van der Waals surface area contributed by atoms with Crippen LogP contribution < -0.4 is 10.5 Å². The lowest BCUT2D eigenvalue weighted by Gasteiger charge is -2.13. The molecule has 7 nitrogen and oxygen atoms in total. The summed E-state index contributed by atoms with van der Waals surface area (Å²) in [6.45, 7) is 3.32. The molecule has 3 N–H and O–H groups in total. The van der Waals surface area contributed by atoms with E-state index in [1.165, 1.54) is 11.0 Å². The first-order valence-corrected chi connectivity index (χ1v) is 9.32. The molecule has 0 aliphatic heterocycles. The third-order valence-corrected chi connectivity index (χ3v) is 4.90. The molecule has 0 saturated heterocycles. The lowest BCUT2D eigenvalue weighted by Crippen LogP contribution is -2.22. The summed E-state index contributed by atoms with van der Waals surface area (Å²) in [7, 11) is -0.663. The van der Waals surface area contributed by atoms with Crippen LogP contribution in [0.5, 0.6) is 0 Å². The van der Waals surface area contributed by atoms with Gasteiger partial charge in [-0.1, -0.05) is 12.1 Å². The van der Waals surface area contributed by atoms with E-state index < -0.39 is 15.9 Å². The van der Waals surface area contributed by atoms with E-state index in [0.717, 1.165) is 0 Å². The Balaban J connectivity index is 2.37. The Bertz CT molecular complexity index is 982. The fraction of sp³-hybridized carbons (Fsp3) is 0.222. The van der Waals surface area contributed by atoms with Crippen LogP contribution in [0.25, 0.3) is 0 Å². The first kappa shape index (κ1) is 19.6. The molecular weight excluding hydrogens is 354 g/mol. The van der Waals surface area contributed by atoms with Crippen molar-refractivity contribution in [2.75, 3.05) is 19.4 Å². The zero-order valence-corrected chi connectivity index (χ0v) is 15.8. The highest BCUT2D eigenvalue weighted by atomic mass is 32.2. The maximum absolute atomic E-state index is 12.6. The first-order valence-electron chi connectivity index (χ1n) is 7.78. The number of anilines is 1. The summed E-state index contributed by atoms with van der Waals surface area (Å²) in [5.74, 6) is -0.675. The van der Waals surface area contributed by atoms with Crippen LogP contribution in [0.2, 0.25) is 0 Å². The van der Waals surface area contributed by atoms with Crippen LogP contribution >= 0.6 is 0 Å². The number of carbonyl (C=O) groups excluding carboxylic acids is 2. The predicted molar refractivity (Wildman–Crippen MR) is 99.7 cm³/mol. The van der Waals surface area contributed by atoms with E-state index in [9.17, 15) is 18.0 Å². The van der Waals surface area contributed by atoms with Gasteiger partial charge in [0.1, 0.15) is 0 Å². The maximum atomic E-state index is 12.6.